The minimum atomic E-state index is -1.00. The van der Waals surface area contributed by atoms with Gasteiger partial charge < -0.3 is 5.11 Å². The largest absolute Gasteiger partial charge is 0.476 e. The first-order chi connectivity index (χ1) is 9.72. The lowest BCUT2D eigenvalue weighted by molar-refractivity contribution is 0.0689. The number of aromatic nitrogens is 3. The van der Waals surface area contributed by atoms with Crippen LogP contribution in [0.5, 0.6) is 0 Å². The topological polar surface area (TPSA) is 68.0 Å². The number of unbranched alkanes of at least 4 members (excludes halogenated alkanes) is 3. The third kappa shape index (κ3) is 3.66. The number of aryl methyl sites for hydroxylation is 1. The third-order valence-corrected chi connectivity index (χ3v) is 4.06. The van der Waals surface area contributed by atoms with E-state index in [1.54, 1.807) is 16.0 Å². The molecule has 2 aromatic heterocycles. The molecule has 0 saturated heterocycles. The number of rotatable bonds is 8. The molecular weight excluding hydrogens is 274 g/mol. The Hall–Kier alpha value is -1.69. The average molecular weight is 293 g/mol. The summed E-state index contributed by atoms with van der Waals surface area (Å²) < 4.78 is 1.75. The highest BCUT2D eigenvalue weighted by molar-refractivity contribution is 7.09. The Morgan fingerprint density at radius 1 is 1.40 bits per heavy atom. The molecule has 108 valence electrons. The molecule has 6 heteroatoms. The van der Waals surface area contributed by atoms with E-state index in [1.165, 1.54) is 12.8 Å². The molecule has 0 aliphatic carbocycles. The van der Waals surface area contributed by atoms with Gasteiger partial charge in [0, 0.05) is 17.8 Å². The van der Waals surface area contributed by atoms with Crippen molar-refractivity contribution in [1.29, 1.82) is 0 Å². The molecule has 2 aromatic rings. The minimum Gasteiger partial charge on any atom is -0.476 e. The van der Waals surface area contributed by atoms with E-state index in [0.29, 0.717) is 12.1 Å². The summed E-state index contributed by atoms with van der Waals surface area (Å²) in [6, 6.07) is 3.97. The lowest BCUT2D eigenvalue weighted by Gasteiger charge is -2.06. The van der Waals surface area contributed by atoms with E-state index in [4.69, 9.17) is 0 Å². The molecule has 2 heterocycles. The lowest BCUT2D eigenvalue weighted by Crippen LogP contribution is -2.09. The van der Waals surface area contributed by atoms with Crippen LogP contribution in [0.4, 0.5) is 0 Å². The summed E-state index contributed by atoms with van der Waals surface area (Å²) in [6.07, 6.45) is 5.10. The molecule has 0 aliphatic rings. The molecule has 0 saturated carbocycles. The van der Waals surface area contributed by atoms with E-state index in [9.17, 15) is 9.90 Å². The summed E-state index contributed by atoms with van der Waals surface area (Å²) in [5.74, 6) is -1.00. The van der Waals surface area contributed by atoms with Crippen molar-refractivity contribution in [3.05, 3.63) is 33.8 Å². The maximum Gasteiger partial charge on any atom is 0.358 e. The van der Waals surface area contributed by atoms with Crippen LogP contribution in [-0.2, 0) is 13.0 Å². The van der Waals surface area contributed by atoms with E-state index >= 15 is 0 Å². The molecule has 20 heavy (non-hydrogen) atoms. The molecule has 2 rings (SSSR count). The SMILES string of the molecule is CCCCCCn1nnc(C(=O)O)c1Cc1cccs1. The number of thiophene rings is 1. The second kappa shape index (κ2) is 7.19. The van der Waals surface area contributed by atoms with Crippen LogP contribution in [0, 0.1) is 0 Å². The molecule has 5 nitrogen and oxygen atoms in total. The van der Waals surface area contributed by atoms with Crippen LogP contribution < -0.4 is 0 Å². The van der Waals surface area contributed by atoms with Crippen LogP contribution in [0.1, 0.15) is 53.7 Å². The van der Waals surface area contributed by atoms with Gasteiger partial charge >= 0.3 is 5.97 Å². The van der Waals surface area contributed by atoms with Gasteiger partial charge in [0.15, 0.2) is 5.69 Å². The van der Waals surface area contributed by atoms with E-state index in [2.05, 4.69) is 17.2 Å². The van der Waals surface area contributed by atoms with Gasteiger partial charge in [0.25, 0.3) is 0 Å². The maximum atomic E-state index is 11.2. The molecule has 0 unspecified atom stereocenters. The normalized spacial score (nSPS) is 10.8. The fourth-order valence-electron chi connectivity index (χ4n) is 2.12. The third-order valence-electron chi connectivity index (χ3n) is 3.19. The first-order valence-electron chi connectivity index (χ1n) is 6.90. The zero-order valence-corrected chi connectivity index (χ0v) is 12.4. The zero-order valence-electron chi connectivity index (χ0n) is 11.6. The number of carboxylic acid groups (broad SMARTS) is 1. The highest BCUT2D eigenvalue weighted by Crippen LogP contribution is 2.17. The molecule has 0 fully saturated rings. The minimum absolute atomic E-state index is 0.0777. The van der Waals surface area contributed by atoms with E-state index in [1.807, 2.05) is 17.5 Å². The van der Waals surface area contributed by atoms with Crippen LogP contribution in [0.25, 0.3) is 0 Å². The Kier molecular flexibility index (Phi) is 5.29. The van der Waals surface area contributed by atoms with Gasteiger partial charge in [-0.1, -0.05) is 37.5 Å². The van der Waals surface area contributed by atoms with Crippen molar-refractivity contribution >= 4 is 17.3 Å². The number of nitrogens with zero attached hydrogens (tertiary/aromatic N) is 3. The number of aromatic carboxylic acids is 1. The number of hydrogen-bond donors (Lipinski definition) is 1. The van der Waals surface area contributed by atoms with Gasteiger partial charge in [-0.15, -0.1) is 16.4 Å². The number of carbonyl (C=O) groups is 1. The van der Waals surface area contributed by atoms with Gasteiger partial charge in [0.1, 0.15) is 0 Å². The highest BCUT2D eigenvalue weighted by Gasteiger charge is 2.19. The van der Waals surface area contributed by atoms with Crippen LogP contribution >= 0.6 is 11.3 Å². The van der Waals surface area contributed by atoms with Gasteiger partial charge in [-0.05, 0) is 17.9 Å². The monoisotopic (exact) mass is 293 g/mol. The molecule has 0 spiro atoms. The summed E-state index contributed by atoms with van der Waals surface area (Å²) in [7, 11) is 0. The molecule has 0 aromatic carbocycles. The van der Waals surface area contributed by atoms with Crippen molar-refractivity contribution in [1.82, 2.24) is 15.0 Å². The quantitative estimate of drug-likeness (QED) is 0.759. The van der Waals surface area contributed by atoms with Crippen LogP contribution in [0.3, 0.4) is 0 Å². The predicted molar refractivity (Wildman–Crippen MR) is 78.2 cm³/mol. The van der Waals surface area contributed by atoms with Crippen molar-refractivity contribution in [2.45, 2.75) is 45.6 Å². The summed E-state index contributed by atoms with van der Waals surface area (Å²) >= 11 is 1.62. The second-order valence-corrected chi connectivity index (χ2v) is 5.76. The highest BCUT2D eigenvalue weighted by atomic mass is 32.1. The Bertz CT molecular complexity index is 549. The standard InChI is InChI=1S/C14H19N3O2S/c1-2-3-4-5-8-17-12(10-11-7-6-9-20-11)13(14(18)19)15-16-17/h6-7,9H,2-5,8,10H2,1H3,(H,18,19). The van der Waals surface area contributed by atoms with Gasteiger partial charge in [0.2, 0.25) is 0 Å². The van der Waals surface area contributed by atoms with Gasteiger partial charge in [-0.2, -0.15) is 0 Å². The first-order valence-corrected chi connectivity index (χ1v) is 7.78. The maximum absolute atomic E-state index is 11.2. The van der Waals surface area contributed by atoms with Crippen molar-refractivity contribution in [3.8, 4) is 0 Å². The van der Waals surface area contributed by atoms with Crippen molar-refractivity contribution < 1.29 is 9.90 Å². The first kappa shape index (κ1) is 14.7. The second-order valence-electron chi connectivity index (χ2n) is 4.73. The number of hydrogen-bond acceptors (Lipinski definition) is 4. The Morgan fingerprint density at radius 2 is 2.25 bits per heavy atom. The van der Waals surface area contributed by atoms with Gasteiger partial charge in [0.05, 0.1) is 5.69 Å². The lowest BCUT2D eigenvalue weighted by atomic mass is 10.2. The summed E-state index contributed by atoms with van der Waals surface area (Å²) in [5, 5.41) is 19.0. The molecule has 0 atom stereocenters. The molecular formula is C14H19N3O2S. The average Bonchev–Trinajstić information content (AvgIpc) is 3.05. The van der Waals surface area contributed by atoms with Gasteiger partial charge in [-0.25, -0.2) is 9.48 Å². The molecule has 0 radical (unpaired) electrons. The Labute approximate surface area is 122 Å². The van der Waals surface area contributed by atoms with Crippen molar-refractivity contribution in [3.63, 3.8) is 0 Å². The van der Waals surface area contributed by atoms with E-state index in [0.717, 1.165) is 24.3 Å². The summed E-state index contributed by atoms with van der Waals surface area (Å²) in [4.78, 5) is 12.4. The fourth-order valence-corrected chi connectivity index (χ4v) is 2.83. The van der Waals surface area contributed by atoms with Gasteiger partial charge in [-0.3, -0.25) is 0 Å². The van der Waals surface area contributed by atoms with Crippen molar-refractivity contribution in [2.24, 2.45) is 0 Å². The summed E-state index contributed by atoms with van der Waals surface area (Å²) in [6.45, 7) is 2.90. The zero-order chi connectivity index (χ0) is 14.4. The smallest absolute Gasteiger partial charge is 0.358 e. The fraction of sp³-hybridized carbons (Fsp3) is 0.500. The summed E-state index contributed by atoms with van der Waals surface area (Å²) in [5.41, 5.74) is 0.783. The van der Waals surface area contributed by atoms with Crippen LogP contribution in [-0.4, -0.2) is 26.1 Å². The van der Waals surface area contributed by atoms with Crippen LogP contribution in [0.15, 0.2) is 17.5 Å². The van der Waals surface area contributed by atoms with E-state index < -0.39 is 5.97 Å². The molecule has 0 amide bonds. The van der Waals surface area contributed by atoms with Crippen molar-refractivity contribution in [2.75, 3.05) is 0 Å². The van der Waals surface area contributed by atoms with Crippen LogP contribution in [0.2, 0.25) is 0 Å². The molecule has 0 bridgehead atoms. The number of carboxylic acids is 1. The molecule has 0 aliphatic heterocycles. The Morgan fingerprint density at radius 3 is 2.90 bits per heavy atom. The molecule has 1 N–H and O–H groups in total. The predicted octanol–water partition coefficient (Wildman–Crippen LogP) is 3.21. The Balaban J connectivity index is 2.12. The van der Waals surface area contributed by atoms with E-state index in [-0.39, 0.29) is 5.69 Å².